The molecule has 1 N–H and O–H groups in total. The molecule has 0 aromatic heterocycles. The lowest BCUT2D eigenvalue weighted by Gasteiger charge is -2.23. The van der Waals surface area contributed by atoms with Crippen LogP contribution in [0.1, 0.15) is 15.9 Å². The molecule has 2 rings (SSSR count). The third-order valence-corrected chi connectivity index (χ3v) is 4.16. The maximum Gasteiger partial charge on any atom is 0.0613 e. The highest BCUT2D eigenvalue weighted by Gasteiger charge is 2.18. The SMILES string of the molecule is Clc1cc2c(cc1Cl)C(I)CCN2. The number of rotatable bonds is 0. The van der Waals surface area contributed by atoms with E-state index in [1.807, 2.05) is 12.1 Å². The summed E-state index contributed by atoms with van der Waals surface area (Å²) in [6, 6.07) is 3.87. The summed E-state index contributed by atoms with van der Waals surface area (Å²) in [7, 11) is 0. The Labute approximate surface area is 101 Å². The van der Waals surface area contributed by atoms with Crippen molar-refractivity contribution in [2.75, 3.05) is 11.9 Å². The van der Waals surface area contributed by atoms with Crippen LogP contribution in [0.15, 0.2) is 12.1 Å². The van der Waals surface area contributed by atoms with Gasteiger partial charge in [0, 0.05) is 16.2 Å². The van der Waals surface area contributed by atoms with Crippen LogP contribution in [-0.2, 0) is 0 Å². The molecule has 70 valence electrons. The van der Waals surface area contributed by atoms with Gasteiger partial charge in [0.15, 0.2) is 0 Å². The van der Waals surface area contributed by atoms with Gasteiger partial charge in [0.1, 0.15) is 0 Å². The summed E-state index contributed by atoms with van der Waals surface area (Å²) in [6.45, 7) is 1.01. The van der Waals surface area contributed by atoms with Crippen LogP contribution in [0, 0.1) is 0 Å². The minimum atomic E-state index is 0.545. The average Bonchev–Trinajstić information content (AvgIpc) is 2.09. The Hall–Kier alpha value is 0.330. The first-order valence-corrected chi connectivity index (χ1v) is 6.05. The minimum absolute atomic E-state index is 0.545. The van der Waals surface area contributed by atoms with Gasteiger partial charge in [0.05, 0.1) is 10.0 Å². The van der Waals surface area contributed by atoms with E-state index in [0.29, 0.717) is 14.0 Å². The summed E-state index contributed by atoms with van der Waals surface area (Å²) in [5.74, 6) is 0. The third-order valence-electron chi connectivity index (χ3n) is 2.14. The van der Waals surface area contributed by atoms with E-state index < -0.39 is 0 Å². The number of anilines is 1. The minimum Gasteiger partial charge on any atom is -0.385 e. The number of fused-ring (bicyclic) bond motifs is 1. The Bertz CT molecular complexity index is 341. The molecule has 0 radical (unpaired) electrons. The molecule has 1 unspecified atom stereocenters. The summed E-state index contributed by atoms with van der Waals surface area (Å²) in [5, 5.41) is 4.58. The molecule has 1 atom stereocenters. The second-order valence-corrected chi connectivity index (χ2v) is 5.35. The predicted octanol–water partition coefficient (Wildman–Crippen LogP) is 4.29. The molecule has 13 heavy (non-hydrogen) atoms. The average molecular weight is 328 g/mol. The molecule has 0 saturated carbocycles. The van der Waals surface area contributed by atoms with Crippen LogP contribution in [0.2, 0.25) is 10.0 Å². The van der Waals surface area contributed by atoms with Gasteiger partial charge in [-0.3, -0.25) is 0 Å². The normalized spacial score (nSPS) is 20.7. The molecule has 0 spiro atoms. The van der Waals surface area contributed by atoms with Gasteiger partial charge in [-0.2, -0.15) is 0 Å². The van der Waals surface area contributed by atoms with E-state index in [4.69, 9.17) is 23.2 Å². The highest BCUT2D eigenvalue weighted by atomic mass is 127. The van der Waals surface area contributed by atoms with Gasteiger partial charge in [-0.15, -0.1) is 0 Å². The lowest BCUT2D eigenvalue weighted by molar-refractivity contribution is 0.835. The largest absolute Gasteiger partial charge is 0.385 e. The van der Waals surface area contributed by atoms with Crippen molar-refractivity contribution in [3.05, 3.63) is 27.7 Å². The van der Waals surface area contributed by atoms with Crippen molar-refractivity contribution in [1.29, 1.82) is 0 Å². The molecule has 1 aromatic rings. The maximum atomic E-state index is 5.95. The molecule has 0 bridgehead atoms. The number of hydrogen-bond donors (Lipinski definition) is 1. The number of halogens is 3. The van der Waals surface area contributed by atoms with Crippen LogP contribution in [0.3, 0.4) is 0 Å². The molecule has 0 amide bonds. The van der Waals surface area contributed by atoms with Crippen LogP contribution in [-0.4, -0.2) is 6.54 Å². The lowest BCUT2D eigenvalue weighted by atomic mass is 10.0. The molecule has 0 aliphatic carbocycles. The van der Waals surface area contributed by atoms with E-state index in [9.17, 15) is 0 Å². The fraction of sp³-hybridized carbons (Fsp3) is 0.333. The third kappa shape index (κ3) is 1.90. The van der Waals surface area contributed by atoms with Crippen LogP contribution in [0.5, 0.6) is 0 Å². The van der Waals surface area contributed by atoms with Gasteiger partial charge in [-0.05, 0) is 24.1 Å². The summed E-state index contributed by atoms with van der Waals surface area (Å²) in [6.07, 6.45) is 1.14. The van der Waals surface area contributed by atoms with Gasteiger partial charge in [0.25, 0.3) is 0 Å². The summed E-state index contributed by atoms with van der Waals surface area (Å²) in [4.78, 5) is 0. The van der Waals surface area contributed by atoms with Gasteiger partial charge in [-0.25, -0.2) is 0 Å². The van der Waals surface area contributed by atoms with E-state index in [1.165, 1.54) is 5.56 Å². The van der Waals surface area contributed by atoms with Crippen molar-refractivity contribution in [2.45, 2.75) is 10.3 Å². The van der Waals surface area contributed by atoms with E-state index in [2.05, 4.69) is 27.9 Å². The van der Waals surface area contributed by atoms with Crippen LogP contribution in [0.25, 0.3) is 0 Å². The van der Waals surface area contributed by atoms with E-state index in [1.54, 1.807) is 0 Å². The first-order chi connectivity index (χ1) is 6.18. The molecule has 1 aromatic carbocycles. The monoisotopic (exact) mass is 327 g/mol. The van der Waals surface area contributed by atoms with Crippen LogP contribution in [0.4, 0.5) is 5.69 Å². The van der Waals surface area contributed by atoms with Crippen LogP contribution >= 0.6 is 45.8 Å². The molecule has 0 fully saturated rings. The summed E-state index contributed by atoms with van der Waals surface area (Å²) >= 11 is 14.3. The maximum absolute atomic E-state index is 5.95. The van der Waals surface area contributed by atoms with Gasteiger partial charge < -0.3 is 5.32 Å². The van der Waals surface area contributed by atoms with Crippen molar-refractivity contribution in [3.8, 4) is 0 Å². The summed E-state index contributed by atoms with van der Waals surface area (Å²) in [5.41, 5.74) is 2.39. The van der Waals surface area contributed by atoms with E-state index >= 15 is 0 Å². The number of alkyl halides is 1. The number of hydrogen-bond acceptors (Lipinski definition) is 1. The van der Waals surface area contributed by atoms with Gasteiger partial charge in [0.2, 0.25) is 0 Å². The second-order valence-electron chi connectivity index (χ2n) is 3.04. The fourth-order valence-corrected chi connectivity index (χ4v) is 2.63. The Kier molecular flexibility index (Phi) is 2.91. The Morgan fingerprint density at radius 1 is 1.31 bits per heavy atom. The Morgan fingerprint density at radius 3 is 2.77 bits per heavy atom. The first kappa shape index (κ1) is 9.87. The molecule has 1 nitrogen and oxygen atoms in total. The lowest BCUT2D eigenvalue weighted by Crippen LogP contribution is -2.13. The predicted molar refractivity (Wildman–Crippen MR) is 66.3 cm³/mol. The van der Waals surface area contributed by atoms with Crippen molar-refractivity contribution in [3.63, 3.8) is 0 Å². The van der Waals surface area contributed by atoms with Gasteiger partial charge in [-0.1, -0.05) is 45.8 Å². The first-order valence-electron chi connectivity index (χ1n) is 4.05. The summed E-state index contributed by atoms with van der Waals surface area (Å²) < 4.78 is 0.545. The van der Waals surface area contributed by atoms with E-state index in [-0.39, 0.29) is 0 Å². The Morgan fingerprint density at radius 2 is 2.00 bits per heavy atom. The zero-order valence-corrected chi connectivity index (χ0v) is 10.4. The van der Waals surface area contributed by atoms with Crippen molar-refractivity contribution in [1.82, 2.24) is 0 Å². The highest BCUT2D eigenvalue weighted by molar-refractivity contribution is 14.1. The fourth-order valence-electron chi connectivity index (χ4n) is 1.46. The quantitative estimate of drug-likeness (QED) is 0.554. The highest BCUT2D eigenvalue weighted by Crippen LogP contribution is 2.40. The smallest absolute Gasteiger partial charge is 0.0613 e. The van der Waals surface area contributed by atoms with Crippen molar-refractivity contribution < 1.29 is 0 Å². The number of benzene rings is 1. The van der Waals surface area contributed by atoms with Crippen molar-refractivity contribution in [2.24, 2.45) is 0 Å². The molecule has 1 aliphatic rings. The zero-order valence-electron chi connectivity index (χ0n) is 6.78. The molecule has 4 heteroatoms. The molecule has 1 aliphatic heterocycles. The molecule has 0 saturated heterocycles. The van der Waals surface area contributed by atoms with E-state index in [0.717, 1.165) is 18.7 Å². The molecule has 1 heterocycles. The van der Waals surface area contributed by atoms with Gasteiger partial charge >= 0.3 is 0 Å². The van der Waals surface area contributed by atoms with Crippen LogP contribution < -0.4 is 5.32 Å². The molecular formula is C9H8Cl2IN. The topological polar surface area (TPSA) is 12.0 Å². The van der Waals surface area contributed by atoms with Crippen molar-refractivity contribution >= 4 is 51.5 Å². The second kappa shape index (κ2) is 3.83. The standard InChI is InChI=1S/C9H8Cl2IN/c10-6-3-5-8(12)1-2-13-9(5)4-7(6)11/h3-4,8,13H,1-2H2. The molecular weight excluding hydrogens is 320 g/mol. The number of nitrogens with one attached hydrogen (secondary N) is 1. The zero-order chi connectivity index (χ0) is 9.42. The Balaban J connectivity index is 2.52.